The maximum Gasteiger partial charge on any atom is 0.252 e. The molecular weight excluding hydrogens is 1050 g/mol. The monoisotopic (exact) mass is 1100 g/mol. The van der Waals surface area contributed by atoms with E-state index in [0.29, 0.717) is 0 Å². The molecule has 3 nitrogen and oxygen atoms in total. The molecule has 0 saturated heterocycles. The van der Waals surface area contributed by atoms with E-state index in [1.807, 2.05) is 0 Å². The Labute approximate surface area is 493 Å². The van der Waals surface area contributed by atoms with Gasteiger partial charge in [-0.3, -0.25) is 0 Å². The number of para-hydroxylation sites is 4. The van der Waals surface area contributed by atoms with Crippen LogP contribution in [0.15, 0.2) is 340 Å². The molecule has 1 aromatic heterocycles. The van der Waals surface area contributed by atoms with Crippen LogP contribution in [0.2, 0.25) is 0 Å². The van der Waals surface area contributed by atoms with Gasteiger partial charge in [0.1, 0.15) is 0 Å². The number of hydrogen-bond acceptors (Lipinski definition) is 2. The fourth-order valence-corrected chi connectivity index (χ4v) is 24.2. The summed E-state index contributed by atoms with van der Waals surface area (Å²) >= 11 is 0. The van der Waals surface area contributed by atoms with Crippen LogP contribution < -0.4 is 67.7 Å². The quantitative estimate of drug-likeness (QED) is 0.0945. The minimum Gasteiger partial charge on any atom is -0.311 e. The van der Waals surface area contributed by atoms with E-state index >= 15 is 0 Å². The zero-order chi connectivity index (χ0) is 55.6. The number of benzene rings is 13. The molecule has 16 rings (SSSR count). The van der Waals surface area contributed by atoms with E-state index in [-0.39, 0.29) is 6.71 Å². The van der Waals surface area contributed by atoms with Crippen molar-refractivity contribution in [3.8, 4) is 5.69 Å². The van der Waals surface area contributed by atoms with E-state index in [2.05, 4.69) is 354 Å². The zero-order valence-corrected chi connectivity index (χ0v) is 48.3. The van der Waals surface area contributed by atoms with Crippen molar-refractivity contribution in [3.05, 3.63) is 340 Å². The van der Waals surface area contributed by atoms with Gasteiger partial charge in [0, 0.05) is 44.9 Å². The van der Waals surface area contributed by atoms with E-state index < -0.39 is 16.1 Å². The molecule has 394 valence electrons. The van der Waals surface area contributed by atoms with Crippen LogP contribution in [0.5, 0.6) is 0 Å². The Morgan fingerprint density at radius 2 is 0.560 bits per heavy atom. The number of rotatable bonds is 11. The summed E-state index contributed by atoms with van der Waals surface area (Å²) < 4.78 is 2.50. The molecule has 13 aromatic carbocycles. The van der Waals surface area contributed by atoms with Crippen LogP contribution in [0.25, 0.3) is 27.5 Å². The van der Waals surface area contributed by atoms with Gasteiger partial charge in [-0.2, -0.15) is 0 Å². The van der Waals surface area contributed by atoms with E-state index in [0.717, 1.165) is 28.4 Å². The molecule has 0 aliphatic carbocycles. The van der Waals surface area contributed by atoms with E-state index in [9.17, 15) is 0 Å². The minimum atomic E-state index is -2.94. The lowest BCUT2D eigenvalue weighted by Gasteiger charge is -2.44. The van der Waals surface area contributed by atoms with E-state index in [1.54, 1.807) is 0 Å². The van der Waals surface area contributed by atoms with Crippen molar-refractivity contribution in [2.24, 2.45) is 0 Å². The Morgan fingerprint density at radius 3 is 0.988 bits per heavy atom. The molecule has 0 amide bonds. The smallest absolute Gasteiger partial charge is 0.252 e. The highest BCUT2D eigenvalue weighted by molar-refractivity contribution is 7.20. The molecular formula is C78H56BN3Si2. The second kappa shape index (κ2) is 20.3. The van der Waals surface area contributed by atoms with Crippen LogP contribution in [-0.2, 0) is 0 Å². The van der Waals surface area contributed by atoms with Crippen LogP contribution >= 0.6 is 0 Å². The Kier molecular flexibility index (Phi) is 12.0. The second-order valence-corrected chi connectivity index (χ2v) is 29.9. The SMILES string of the molecule is c1ccc([Si](c2ccccc2)(c2ccccc2)c2ccc(N3c4ccccc4B4c5ccccc5N(c5cccc([Si](c6ccccc6)(c6ccccc6)c6ccccc6)c5)c5cc(-n6c7ccccc7c7ccccc76)cc3c54)cc2)cc1. The average Bonchev–Trinajstić information content (AvgIpc) is 0.973. The molecule has 84 heavy (non-hydrogen) atoms. The third-order valence-electron chi connectivity index (χ3n) is 18.0. The van der Waals surface area contributed by atoms with Crippen molar-refractivity contribution < 1.29 is 0 Å². The van der Waals surface area contributed by atoms with Crippen LogP contribution in [0.1, 0.15) is 0 Å². The van der Waals surface area contributed by atoms with Crippen molar-refractivity contribution >= 4 is 137 Å². The largest absolute Gasteiger partial charge is 0.311 e. The standard InChI is InChI=1S/C78H56BN3Si2/c1-7-29-60(30-8-1)83(61-31-9-2-10-32-61,62-33-11-3-12-34-62)66-52-50-57(51-53-66)80-74-48-25-21-44-70(74)79-71-45-22-26-49-75(71)81(77-56-59(55-76(80)78(77)79)82-72-46-23-19-42-68(72)69-43-20-24-47-73(69)82)58-28-27-41-67(54-58)84(63-35-13-4-14-36-63,64-37-15-5-16-38-64)65-39-17-6-18-40-65/h1-56H. The van der Waals surface area contributed by atoms with E-state index in [1.165, 1.54) is 91.1 Å². The highest BCUT2D eigenvalue weighted by Gasteiger charge is 2.46. The summed E-state index contributed by atoms with van der Waals surface area (Å²) in [6.45, 7) is -0.0507. The summed E-state index contributed by atoms with van der Waals surface area (Å²) in [5, 5.41) is 13.2. The second-order valence-electron chi connectivity index (χ2n) is 22.3. The highest BCUT2D eigenvalue weighted by atomic mass is 28.3. The zero-order valence-electron chi connectivity index (χ0n) is 46.3. The maximum absolute atomic E-state index is 2.94. The first-order valence-electron chi connectivity index (χ1n) is 29.2. The number of anilines is 6. The molecule has 0 bridgehead atoms. The first-order chi connectivity index (χ1) is 41.7. The lowest BCUT2D eigenvalue weighted by molar-refractivity contribution is 1.16. The van der Waals surface area contributed by atoms with Crippen molar-refractivity contribution in [2.45, 2.75) is 0 Å². The summed E-state index contributed by atoms with van der Waals surface area (Å²) in [5.41, 5.74) is 14.2. The molecule has 6 heteroatoms. The molecule has 0 N–H and O–H groups in total. The lowest BCUT2D eigenvalue weighted by Crippen LogP contribution is -2.74. The van der Waals surface area contributed by atoms with Gasteiger partial charge in [0.15, 0.2) is 16.1 Å². The van der Waals surface area contributed by atoms with E-state index in [4.69, 9.17) is 0 Å². The van der Waals surface area contributed by atoms with Crippen LogP contribution in [-0.4, -0.2) is 27.4 Å². The van der Waals surface area contributed by atoms with Crippen molar-refractivity contribution in [1.82, 2.24) is 4.57 Å². The number of fused-ring (bicyclic) bond motifs is 7. The van der Waals surface area contributed by atoms with Gasteiger partial charge in [-0.25, -0.2) is 0 Å². The molecule has 0 fully saturated rings. The molecule has 0 spiro atoms. The number of nitrogens with zero attached hydrogens (tertiary/aromatic N) is 3. The Morgan fingerprint density at radius 1 is 0.226 bits per heavy atom. The van der Waals surface area contributed by atoms with Gasteiger partial charge in [0.05, 0.1) is 16.7 Å². The third-order valence-corrected chi connectivity index (χ3v) is 27.6. The Bertz CT molecular complexity index is 4480. The van der Waals surface area contributed by atoms with Gasteiger partial charge in [-0.15, -0.1) is 0 Å². The number of hydrogen-bond donors (Lipinski definition) is 0. The molecule has 0 atom stereocenters. The van der Waals surface area contributed by atoms with Gasteiger partial charge >= 0.3 is 0 Å². The first kappa shape index (κ1) is 49.6. The summed E-state index contributed by atoms with van der Waals surface area (Å²) in [4.78, 5) is 5.17. The molecule has 2 aliphatic heterocycles. The average molecular weight is 1100 g/mol. The Hall–Kier alpha value is -10.2. The first-order valence-corrected chi connectivity index (χ1v) is 33.2. The fourth-order valence-electron chi connectivity index (χ4n) is 14.6. The highest BCUT2D eigenvalue weighted by Crippen LogP contribution is 2.46. The molecule has 0 unspecified atom stereocenters. The topological polar surface area (TPSA) is 11.4 Å². The summed E-state index contributed by atoms with van der Waals surface area (Å²) in [7, 11) is -5.76. The predicted octanol–water partition coefficient (Wildman–Crippen LogP) is 11.6. The van der Waals surface area contributed by atoms with Gasteiger partial charge in [0.25, 0.3) is 6.71 Å². The van der Waals surface area contributed by atoms with Gasteiger partial charge in [0.2, 0.25) is 0 Å². The molecule has 2 aliphatic rings. The van der Waals surface area contributed by atoms with Crippen LogP contribution in [0, 0.1) is 0 Å². The van der Waals surface area contributed by atoms with Crippen molar-refractivity contribution in [2.75, 3.05) is 9.80 Å². The minimum absolute atomic E-state index is 0.0507. The summed E-state index contributed by atoms with van der Waals surface area (Å²) in [6, 6.07) is 128. The predicted molar refractivity (Wildman–Crippen MR) is 362 cm³/mol. The van der Waals surface area contributed by atoms with Gasteiger partial charge in [-0.1, -0.05) is 279 Å². The Balaban J connectivity index is 0.974. The maximum atomic E-state index is 2.60. The fraction of sp³-hybridized carbons (Fsp3) is 0. The summed E-state index contributed by atoms with van der Waals surface area (Å²) in [5.74, 6) is 0. The normalized spacial score (nSPS) is 12.7. The van der Waals surface area contributed by atoms with Crippen molar-refractivity contribution in [3.63, 3.8) is 0 Å². The van der Waals surface area contributed by atoms with Crippen molar-refractivity contribution in [1.29, 1.82) is 0 Å². The van der Waals surface area contributed by atoms with Gasteiger partial charge in [-0.05, 0) is 119 Å². The van der Waals surface area contributed by atoms with Crippen LogP contribution in [0.4, 0.5) is 34.1 Å². The number of aromatic nitrogens is 1. The summed E-state index contributed by atoms with van der Waals surface area (Å²) in [6.07, 6.45) is 0. The molecule has 14 aromatic rings. The molecule has 0 saturated carbocycles. The lowest BCUT2D eigenvalue weighted by atomic mass is 9.33. The van der Waals surface area contributed by atoms with Gasteiger partial charge < -0.3 is 14.4 Å². The molecule has 3 heterocycles. The third kappa shape index (κ3) is 7.58. The van der Waals surface area contributed by atoms with Crippen LogP contribution in [0.3, 0.4) is 0 Å². The molecule has 0 radical (unpaired) electrons.